The lowest BCUT2D eigenvalue weighted by Gasteiger charge is -2.19. The van der Waals surface area contributed by atoms with Crippen LogP contribution in [-0.2, 0) is 10.0 Å². The van der Waals surface area contributed by atoms with E-state index in [2.05, 4.69) is 15.3 Å². The first-order chi connectivity index (χ1) is 13.9. The van der Waals surface area contributed by atoms with E-state index in [0.29, 0.717) is 30.2 Å². The monoisotopic (exact) mass is 433 g/mol. The molecule has 0 radical (unpaired) electrons. The number of sulfonamides is 1. The first-order valence-electron chi connectivity index (χ1n) is 8.92. The van der Waals surface area contributed by atoms with Crippen LogP contribution in [0.4, 0.5) is 5.69 Å². The number of amides is 1. The van der Waals surface area contributed by atoms with Gasteiger partial charge in [0.1, 0.15) is 17.0 Å². The summed E-state index contributed by atoms with van der Waals surface area (Å²) in [5.41, 5.74) is 0.654. The number of anilines is 1. The van der Waals surface area contributed by atoms with Gasteiger partial charge >= 0.3 is 0 Å². The second kappa shape index (κ2) is 8.73. The summed E-state index contributed by atoms with van der Waals surface area (Å²) in [5.74, 6) is 0.210. The molecule has 0 spiro atoms. The van der Waals surface area contributed by atoms with Crippen molar-refractivity contribution in [2.75, 3.05) is 18.4 Å². The fraction of sp³-hybridized carbons (Fsp3) is 0.211. The molecule has 0 atom stereocenters. The van der Waals surface area contributed by atoms with Crippen molar-refractivity contribution in [1.82, 2.24) is 18.8 Å². The molecule has 3 aromatic rings. The molecule has 0 saturated carbocycles. The average molecular weight is 434 g/mol. The van der Waals surface area contributed by atoms with Gasteiger partial charge in [0, 0.05) is 37.4 Å². The lowest BCUT2D eigenvalue weighted by molar-refractivity contribution is 0.102. The Kier molecular flexibility index (Phi) is 6.31. The highest BCUT2D eigenvalue weighted by Crippen LogP contribution is 2.28. The molecule has 2 heterocycles. The molecule has 0 aliphatic heterocycles. The zero-order chi connectivity index (χ0) is 21.0. The van der Waals surface area contributed by atoms with Gasteiger partial charge in [-0.1, -0.05) is 25.4 Å². The Hall–Kier alpha value is -2.75. The Balaban J connectivity index is 1.82. The normalized spacial score (nSPS) is 11.6. The van der Waals surface area contributed by atoms with Crippen molar-refractivity contribution in [3.63, 3.8) is 0 Å². The zero-order valence-corrected chi connectivity index (χ0v) is 17.5. The Morgan fingerprint density at radius 1 is 1.21 bits per heavy atom. The quantitative estimate of drug-likeness (QED) is 0.617. The van der Waals surface area contributed by atoms with Crippen molar-refractivity contribution in [1.29, 1.82) is 0 Å². The van der Waals surface area contributed by atoms with E-state index >= 15 is 0 Å². The molecule has 1 amide bonds. The van der Waals surface area contributed by atoms with E-state index in [0.717, 1.165) is 0 Å². The fourth-order valence-corrected chi connectivity index (χ4v) is 4.71. The molecule has 0 aliphatic rings. The first-order valence-corrected chi connectivity index (χ1v) is 10.7. The molecule has 3 rings (SSSR count). The van der Waals surface area contributed by atoms with Gasteiger partial charge in [0.2, 0.25) is 10.0 Å². The molecule has 2 aromatic heterocycles. The highest BCUT2D eigenvalue weighted by molar-refractivity contribution is 7.89. The van der Waals surface area contributed by atoms with Gasteiger partial charge in [-0.2, -0.15) is 4.31 Å². The Morgan fingerprint density at radius 2 is 1.97 bits per heavy atom. The summed E-state index contributed by atoms with van der Waals surface area (Å²) in [6.45, 7) is 4.14. The number of benzene rings is 1. The molecule has 1 N–H and O–H groups in total. The number of rotatable bonds is 7. The molecule has 0 fully saturated rings. The molecular formula is C19H20ClN5O3S. The maximum atomic E-state index is 12.8. The van der Waals surface area contributed by atoms with Crippen molar-refractivity contribution < 1.29 is 13.2 Å². The molecule has 0 unspecified atom stereocenters. The molecule has 0 aliphatic carbocycles. The van der Waals surface area contributed by atoms with Crippen molar-refractivity contribution in [2.45, 2.75) is 18.7 Å². The number of nitrogens with one attached hydrogen (secondary N) is 1. The van der Waals surface area contributed by atoms with Gasteiger partial charge in [-0.15, -0.1) is 0 Å². The minimum atomic E-state index is -3.76. The SMILES string of the molecule is CCN(CC)S(=O)(=O)c1cc(NC(=O)c2ccc(-n3ccnc3)nc2)ccc1Cl. The zero-order valence-electron chi connectivity index (χ0n) is 15.9. The number of aromatic nitrogens is 3. The van der Waals surface area contributed by atoms with E-state index in [9.17, 15) is 13.2 Å². The summed E-state index contributed by atoms with van der Waals surface area (Å²) in [6, 6.07) is 7.68. The minimum Gasteiger partial charge on any atom is -0.322 e. The molecule has 0 bridgehead atoms. The molecule has 0 saturated heterocycles. The second-order valence-corrected chi connectivity index (χ2v) is 8.38. The van der Waals surface area contributed by atoms with E-state index in [4.69, 9.17) is 11.6 Å². The summed E-state index contributed by atoms with van der Waals surface area (Å²) in [7, 11) is -3.76. The van der Waals surface area contributed by atoms with Gasteiger partial charge < -0.3 is 5.32 Å². The standard InChI is InChI=1S/C19H20ClN5O3S/c1-3-25(4-2)29(27,28)17-11-15(6-7-16(17)20)23-19(26)14-5-8-18(22-12-14)24-10-9-21-13-24/h5-13H,3-4H2,1-2H3,(H,23,26). The summed E-state index contributed by atoms with van der Waals surface area (Å²) in [4.78, 5) is 20.7. The van der Waals surface area contributed by atoms with Gasteiger partial charge in [-0.25, -0.2) is 18.4 Å². The number of pyridine rings is 1. The fourth-order valence-electron chi connectivity index (χ4n) is 2.75. The summed E-state index contributed by atoms with van der Waals surface area (Å²) >= 11 is 6.12. The predicted octanol–water partition coefficient (Wildman–Crippen LogP) is 3.20. The number of hydrogen-bond donors (Lipinski definition) is 1. The predicted molar refractivity (Wildman–Crippen MR) is 111 cm³/mol. The highest BCUT2D eigenvalue weighted by Gasteiger charge is 2.25. The van der Waals surface area contributed by atoms with Gasteiger partial charge in [0.15, 0.2) is 0 Å². The minimum absolute atomic E-state index is 0.0470. The number of imidazole rings is 1. The second-order valence-electron chi connectivity index (χ2n) is 6.06. The van der Waals surface area contributed by atoms with E-state index in [-0.39, 0.29) is 9.92 Å². The van der Waals surface area contributed by atoms with Gasteiger partial charge in [-0.05, 0) is 30.3 Å². The molecule has 29 heavy (non-hydrogen) atoms. The number of carbonyl (C=O) groups is 1. The largest absolute Gasteiger partial charge is 0.322 e. The number of carbonyl (C=O) groups excluding carboxylic acids is 1. The molecule has 10 heteroatoms. The summed E-state index contributed by atoms with van der Waals surface area (Å²) < 4.78 is 28.6. The van der Waals surface area contributed by atoms with E-state index in [1.54, 1.807) is 55.3 Å². The van der Waals surface area contributed by atoms with Gasteiger partial charge in [0.05, 0.1) is 10.6 Å². The third-order valence-electron chi connectivity index (χ3n) is 4.29. The summed E-state index contributed by atoms with van der Waals surface area (Å²) in [6.07, 6.45) is 6.42. The van der Waals surface area contributed by atoms with Crippen molar-refractivity contribution in [3.05, 3.63) is 65.8 Å². The van der Waals surface area contributed by atoms with Crippen molar-refractivity contribution in [3.8, 4) is 5.82 Å². The van der Waals surface area contributed by atoms with Crippen LogP contribution in [-0.4, -0.2) is 46.3 Å². The Labute approximate surface area is 174 Å². The maximum absolute atomic E-state index is 12.8. The van der Waals surface area contributed by atoms with Crippen LogP contribution in [0.5, 0.6) is 0 Å². The first kappa shape index (κ1) is 21.0. The molecular weight excluding hydrogens is 414 g/mol. The van der Waals surface area contributed by atoms with E-state index < -0.39 is 15.9 Å². The van der Waals surface area contributed by atoms with Gasteiger partial charge in [0.25, 0.3) is 5.91 Å². The van der Waals surface area contributed by atoms with Crippen LogP contribution in [0.15, 0.2) is 60.1 Å². The molecule has 152 valence electrons. The van der Waals surface area contributed by atoms with E-state index in [1.165, 1.54) is 22.6 Å². The van der Waals surface area contributed by atoms with E-state index in [1.807, 2.05) is 0 Å². The van der Waals surface area contributed by atoms with Crippen LogP contribution < -0.4 is 5.32 Å². The lowest BCUT2D eigenvalue weighted by Crippen LogP contribution is -2.30. The van der Waals surface area contributed by atoms with Crippen LogP contribution in [0.25, 0.3) is 5.82 Å². The number of nitrogens with zero attached hydrogens (tertiary/aromatic N) is 4. The number of hydrogen-bond acceptors (Lipinski definition) is 5. The third-order valence-corrected chi connectivity index (χ3v) is 6.82. The lowest BCUT2D eigenvalue weighted by atomic mass is 10.2. The van der Waals surface area contributed by atoms with Crippen LogP contribution in [0.2, 0.25) is 5.02 Å². The molecule has 8 nitrogen and oxygen atoms in total. The smallest absolute Gasteiger partial charge is 0.257 e. The van der Waals surface area contributed by atoms with Crippen molar-refractivity contribution >= 4 is 33.2 Å². The van der Waals surface area contributed by atoms with Crippen LogP contribution in [0.3, 0.4) is 0 Å². The Morgan fingerprint density at radius 3 is 2.55 bits per heavy atom. The third kappa shape index (κ3) is 4.47. The maximum Gasteiger partial charge on any atom is 0.257 e. The molecule has 1 aromatic carbocycles. The average Bonchev–Trinajstić information content (AvgIpc) is 3.25. The van der Waals surface area contributed by atoms with Crippen LogP contribution in [0, 0.1) is 0 Å². The topological polar surface area (TPSA) is 97.2 Å². The highest BCUT2D eigenvalue weighted by atomic mass is 35.5. The summed E-state index contributed by atoms with van der Waals surface area (Å²) in [5, 5.41) is 2.79. The van der Waals surface area contributed by atoms with Crippen LogP contribution >= 0.6 is 11.6 Å². The van der Waals surface area contributed by atoms with Crippen LogP contribution in [0.1, 0.15) is 24.2 Å². The number of halogens is 1. The van der Waals surface area contributed by atoms with Gasteiger partial charge in [-0.3, -0.25) is 9.36 Å². The Bertz CT molecular complexity index is 1100. The van der Waals surface area contributed by atoms with Crippen molar-refractivity contribution in [2.24, 2.45) is 0 Å².